The first-order valence-corrected chi connectivity index (χ1v) is 22.3. The first-order chi connectivity index (χ1) is 31.5. The summed E-state index contributed by atoms with van der Waals surface area (Å²) >= 11 is 0. The van der Waals surface area contributed by atoms with Gasteiger partial charge in [-0.1, -0.05) is 214 Å². The van der Waals surface area contributed by atoms with E-state index < -0.39 is 5.41 Å². The fourth-order valence-corrected chi connectivity index (χ4v) is 11.5. The first-order valence-electron chi connectivity index (χ1n) is 22.3. The summed E-state index contributed by atoms with van der Waals surface area (Å²) in [5.41, 5.74) is 16.8. The Bertz CT molecular complexity index is 3550. The van der Waals surface area contributed by atoms with E-state index in [1.165, 1.54) is 88.0 Å². The van der Waals surface area contributed by atoms with Crippen molar-refractivity contribution in [2.24, 2.45) is 0 Å². The van der Waals surface area contributed by atoms with Crippen LogP contribution in [0.3, 0.4) is 0 Å². The number of nitrogens with zero attached hydrogens (tertiary/aromatic N) is 2. The third kappa shape index (κ3) is 5.14. The maximum absolute atomic E-state index is 5.45. The zero-order valence-corrected chi connectivity index (χ0v) is 35.7. The second-order valence-corrected chi connectivity index (χ2v) is 18.0. The number of benzene rings is 10. The third-order valence-corrected chi connectivity index (χ3v) is 14.4. The van der Waals surface area contributed by atoms with Crippen LogP contribution < -0.4 is 0 Å². The molecule has 0 saturated heterocycles. The maximum Gasteiger partial charge on any atom is 0.161 e. The van der Waals surface area contributed by atoms with Gasteiger partial charge >= 0.3 is 0 Å². The third-order valence-electron chi connectivity index (χ3n) is 14.4. The molecule has 0 amide bonds. The Morgan fingerprint density at radius 3 is 1.33 bits per heavy atom. The fourth-order valence-electron chi connectivity index (χ4n) is 11.5. The van der Waals surface area contributed by atoms with Crippen molar-refractivity contribution in [2.45, 2.75) is 24.7 Å². The number of fused-ring (bicyclic) bond motifs is 15. The number of aromatic nitrogens is 2. The van der Waals surface area contributed by atoms with Gasteiger partial charge in [0.25, 0.3) is 0 Å². The van der Waals surface area contributed by atoms with Crippen LogP contribution >= 0.6 is 0 Å². The topological polar surface area (TPSA) is 25.8 Å². The largest absolute Gasteiger partial charge is 0.228 e. The Morgan fingerprint density at radius 2 is 0.750 bits per heavy atom. The predicted molar refractivity (Wildman–Crippen MR) is 266 cm³/mol. The molecule has 2 aliphatic carbocycles. The van der Waals surface area contributed by atoms with Crippen molar-refractivity contribution in [3.63, 3.8) is 0 Å². The highest BCUT2D eigenvalue weighted by Gasteiger charge is 2.53. The van der Waals surface area contributed by atoms with Crippen LogP contribution in [0.5, 0.6) is 0 Å². The quantitative estimate of drug-likeness (QED) is 0.165. The lowest BCUT2D eigenvalue weighted by atomic mass is 9.55. The molecule has 13 rings (SSSR count). The van der Waals surface area contributed by atoms with Gasteiger partial charge in [0.15, 0.2) is 5.82 Å². The van der Waals surface area contributed by atoms with E-state index in [0.717, 1.165) is 28.1 Å². The van der Waals surface area contributed by atoms with Crippen molar-refractivity contribution < 1.29 is 0 Å². The Hall–Kier alpha value is -7.94. The van der Waals surface area contributed by atoms with Gasteiger partial charge in [-0.05, 0) is 106 Å². The van der Waals surface area contributed by atoms with Gasteiger partial charge in [-0.2, -0.15) is 0 Å². The van der Waals surface area contributed by atoms with Gasteiger partial charge in [-0.3, -0.25) is 0 Å². The van der Waals surface area contributed by atoms with Gasteiger partial charge in [0.2, 0.25) is 0 Å². The molecule has 0 saturated carbocycles. The summed E-state index contributed by atoms with van der Waals surface area (Å²) in [6, 6.07) is 80.3. The average molecular weight is 815 g/mol. The SMILES string of the molecule is CC1(C)c2ccccc2C2(c3ccc(-c4ccc5c6ccccc6c6ccccc6c5c4)cc3-c3c(-c4nc(-c5ccccc5)cc(-c5ccccc5)n4)cccc32)c2ccccc21. The molecule has 2 heteroatoms. The van der Waals surface area contributed by atoms with E-state index in [9.17, 15) is 0 Å². The maximum atomic E-state index is 5.45. The Balaban J connectivity index is 1.12. The molecule has 0 atom stereocenters. The minimum Gasteiger partial charge on any atom is -0.228 e. The van der Waals surface area contributed by atoms with Crippen LogP contribution in [0.15, 0.2) is 218 Å². The minimum absolute atomic E-state index is 0.200. The van der Waals surface area contributed by atoms with E-state index in [0.29, 0.717) is 5.82 Å². The van der Waals surface area contributed by atoms with Crippen molar-refractivity contribution in [1.29, 1.82) is 0 Å². The van der Waals surface area contributed by atoms with Crippen LogP contribution in [0.2, 0.25) is 0 Å². The van der Waals surface area contributed by atoms with Crippen molar-refractivity contribution in [2.75, 3.05) is 0 Å². The fraction of sp³-hybridized carbons (Fsp3) is 0.0645. The molecule has 1 aromatic heterocycles. The smallest absolute Gasteiger partial charge is 0.161 e. The average Bonchev–Trinajstić information content (AvgIpc) is 3.66. The molecule has 11 aromatic rings. The summed E-state index contributed by atoms with van der Waals surface area (Å²) in [7, 11) is 0. The summed E-state index contributed by atoms with van der Waals surface area (Å²) in [6.45, 7) is 4.77. The molecular formula is C62H42N2. The summed E-state index contributed by atoms with van der Waals surface area (Å²) in [6.07, 6.45) is 0. The highest BCUT2D eigenvalue weighted by Crippen LogP contribution is 2.63. The molecule has 2 nitrogen and oxygen atoms in total. The molecular weight excluding hydrogens is 773 g/mol. The molecule has 10 aromatic carbocycles. The monoisotopic (exact) mass is 814 g/mol. The lowest BCUT2D eigenvalue weighted by molar-refractivity contribution is 0.563. The number of rotatable bonds is 4. The first kappa shape index (κ1) is 36.7. The van der Waals surface area contributed by atoms with Crippen molar-refractivity contribution in [3.8, 4) is 56.2 Å². The lowest BCUT2D eigenvalue weighted by Gasteiger charge is -2.46. The molecule has 1 spiro atoms. The number of hydrogen-bond acceptors (Lipinski definition) is 2. The Labute approximate surface area is 373 Å². The molecule has 0 fully saturated rings. The van der Waals surface area contributed by atoms with Gasteiger partial charge in [-0.15, -0.1) is 0 Å². The second-order valence-electron chi connectivity index (χ2n) is 18.0. The molecule has 0 unspecified atom stereocenters. The van der Waals surface area contributed by atoms with Crippen LogP contribution in [0, 0.1) is 0 Å². The van der Waals surface area contributed by atoms with Crippen LogP contribution in [0.1, 0.15) is 47.2 Å². The predicted octanol–water partition coefficient (Wildman–Crippen LogP) is 15.6. The molecule has 0 radical (unpaired) electrons. The Morgan fingerprint density at radius 1 is 0.297 bits per heavy atom. The van der Waals surface area contributed by atoms with Crippen LogP contribution in [-0.4, -0.2) is 9.97 Å². The lowest BCUT2D eigenvalue weighted by Crippen LogP contribution is -2.40. The van der Waals surface area contributed by atoms with Gasteiger partial charge in [0.05, 0.1) is 16.8 Å². The van der Waals surface area contributed by atoms with E-state index in [-0.39, 0.29) is 5.41 Å². The summed E-state index contributed by atoms with van der Waals surface area (Å²) in [5.74, 6) is 0.715. The summed E-state index contributed by atoms with van der Waals surface area (Å²) in [4.78, 5) is 10.9. The van der Waals surface area contributed by atoms with Crippen LogP contribution in [0.4, 0.5) is 0 Å². The van der Waals surface area contributed by atoms with Gasteiger partial charge in [0, 0.05) is 22.1 Å². The van der Waals surface area contributed by atoms with E-state index in [1.807, 2.05) is 0 Å². The van der Waals surface area contributed by atoms with Crippen molar-refractivity contribution in [3.05, 3.63) is 252 Å². The highest BCUT2D eigenvalue weighted by atomic mass is 14.9. The summed E-state index contributed by atoms with van der Waals surface area (Å²) in [5, 5.41) is 7.66. The summed E-state index contributed by atoms with van der Waals surface area (Å²) < 4.78 is 0. The van der Waals surface area contributed by atoms with Gasteiger partial charge in [0.1, 0.15) is 0 Å². The Kier molecular flexibility index (Phi) is 7.90. The van der Waals surface area contributed by atoms with Gasteiger partial charge < -0.3 is 0 Å². The molecule has 1 heterocycles. The van der Waals surface area contributed by atoms with E-state index >= 15 is 0 Å². The van der Waals surface area contributed by atoms with Crippen molar-refractivity contribution in [1.82, 2.24) is 9.97 Å². The zero-order valence-electron chi connectivity index (χ0n) is 35.7. The second kappa shape index (κ2) is 13.8. The standard InChI is InChI=1S/C62H42N2/c1-61(2)52-27-13-15-29-54(52)62(55-30-16-14-28-53(55)61)51-35-33-42(41-32-34-47-45-24-10-9-22-43(45)44-23-11-12-25-46(44)49(47)36-41)37-50(51)59-48(26-17-31-56(59)62)60-63-57(39-18-5-3-6-19-39)38-58(64-60)40-20-7-4-8-21-40/h3-38H,1-2H3. The highest BCUT2D eigenvalue weighted by molar-refractivity contribution is 6.25. The van der Waals surface area contributed by atoms with E-state index in [1.54, 1.807) is 0 Å². The van der Waals surface area contributed by atoms with E-state index in [4.69, 9.17) is 9.97 Å². The zero-order chi connectivity index (χ0) is 42.6. The molecule has 64 heavy (non-hydrogen) atoms. The molecule has 300 valence electrons. The van der Waals surface area contributed by atoms with Crippen LogP contribution in [0.25, 0.3) is 88.5 Å². The normalized spacial score (nSPS) is 14.0. The molecule has 0 N–H and O–H groups in total. The molecule has 0 aliphatic heterocycles. The van der Waals surface area contributed by atoms with Crippen LogP contribution in [-0.2, 0) is 10.8 Å². The minimum atomic E-state index is -0.570. The molecule has 2 aliphatic rings. The number of hydrogen-bond donors (Lipinski definition) is 0. The van der Waals surface area contributed by atoms with Crippen molar-refractivity contribution >= 4 is 32.3 Å². The molecule has 0 bridgehead atoms. The van der Waals surface area contributed by atoms with Gasteiger partial charge in [-0.25, -0.2) is 9.97 Å². The van der Waals surface area contributed by atoms with E-state index in [2.05, 4.69) is 232 Å².